The summed E-state index contributed by atoms with van der Waals surface area (Å²) >= 11 is 0. The lowest BCUT2D eigenvalue weighted by atomic mass is 10.2. The molecule has 4 nitrogen and oxygen atoms in total. The summed E-state index contributed by atoms with van der Waals surface area (Å²) < 4.78 is 31.6. The largest absolute Gasteiger partial charge is 0.394 e. The Labute approximate surface area is 77.8 Å². The molecule has 0 saturated carbocycles. The Kier molecular flexibility index (Phi) is 5.29. The molecule has 0 aliphatic carbocycles. The molecular formula is C8H12O4S. The summed E-state index contributed by atoms with van der Waals surface area (Å²) in [6.45, 7) is 2.16. The van der Waals surface area contributed by atoms with Crippen molar-refractivity contribution >= 4 is 10.4 Å². The fraction of sp³-hybridized carbons (Fsp3) is 0.250. The van der Waals surface area contributed by atoms with Gasteiger partial charge in [-0.3, -0.25) is 9.11 Å². The van der Waals surface area contributed by atoms with Gasteiger partial charge in [0, 0.05) is 0 Å². The second-order valence-corrected chi connectivity index (χ2v) is 3.18. The van der Waals surface area contributed by atoms with Crippen LogP contribution < -0.4 is 0 Å². The average Bonchev–Trinajstić information content (AvgIpc) is 2.03. The van der Waals surface area contributed by atoms with Crippen LogP contribution in [0.5, 0.6) is 0 Å². The van der Waals surface area contributed by atoms with Gasteiger partial charge in [0.2, 0.25) is 0 Å². The van der Waals surface area contributed by atoms with Crippen LogP contribution in [0.25, 0.3) is 0 Å². The number of hydrogen-bond acceptors (Lipinski definition) is 2. The van der Waals surface area contributed by atoms with Crippen LogP contribution in [0.1, 0.15) is 12.5 Å². The van der Waals surface area contributed by atoms with Gasteiger partial charge in [0.25, 0.3) is 0 Å². The molecule has 0 aliphatic rings. The number of hydrogen-bond donors (Lipinski definition) is 2. The quantitative estimate of drug-likeness (QED) is 0.681. The summed E-state index contributed by atoms with van der Waals surface area (Å²) in [7, 11) is -4.67. The zero-order chi connectivity index (χ0) is 10.3. The fourth-order valence-electron chi connectivity index (χ4n) is 0.714. The predicted molar refractivity (Wildman–Crippen MR) is 50.0 cm³/mol. The summed E-state index contributed by atoms with van der Waals surface area (Å²) in [4.78, 5) is 0. The third kappa shape index (κ3) is 11.1. The summed E-state index contributed by atoms with van der Waals surface area (Å²) in [5.74, 6) is 0. The second kappa shape index (κ2) is 5.69. The molecular weight excluding hydrogens is 192 g/mol. The van der Waals surface area contributed by atoms with E-state index in [0.717, 1.165) is 6.42 Å². The van der Waals surface area contributed by atoms with E-state index in [4.69, 9.17) is 17.5 Å². The Morgan fingerprint density at radius 1 is 1.15 bits per heavy atom. The molecule has 0 bridgehead atoms. The predicted octanol–water partition coefficient (Wildman–Crippen LogP) is 1.60. The van der Waals surface area contributed by atoms with E-state index in [0.29, 0.717) is 0 Å². The maximum Gasteiger partial charge on any atom is 0.394 e. The highest BCUT2D eigenvalue weighted by Gasteiger charge is 1.84. The highest BCUT2D eigenvalue weighted by atomic mass is 32.3. The molecule has 0 unspecified atom stereocenters. The molecule has 5 heteroatoms. The summed E-state index contributed by atoms with van der Waals surface area (Å²) in [6, 6.07) is 10.5. The minimum atomic E-state index is -4.67. The molecule has 0 atom stereocenters. The van der Waals surface area contributed by atoms with Crippen molar-refractivity contribution < 1.29 is 17.5 Å². The molecule has 1 aromatic rings. The zero-order valence-electron chi connectivity index (χ0n) is 7.21. The van der Waals surface area contributed by atoms with Gasteiger partial charge in [-0.05, 0) is 12.0 Å². The van der Waals surface area contributed by atoms with E-state index >= 15 is 0 Å². The molecule has 0 saturated heterocycles. The van der Waals surface area contributed by atoms with Crippen molar-refractivity contribution in [1.29, 1.82) is 0 Å². The molecule has 0 heterocycles. The lowest BCUT2D eigenvalue weighted by Gasteiger charge is -1.89. The van der Waals surface area contributed by atoms with Gasteiger partial charge in [0.15, 0.2) is 0 Å². The minimum absolute atomic E-state index is 1.14. The van der Waals surface area contributed by atoms with Gasteiger partial charge >= 0.3 is 10.4 Å². The highest BCUT2D eigenvalue weighted by Crippen LogP contribution is 1.96. The van der Waals surface area contributed by atoms with E-state index in [1.807, 2.05) is 6.07 Å². The first-order chi connectivity index (χ1) is 5.93. The van der Waals surface area contributed by atoms with Crippen molar-refractivity contribution in [2.45, 2.75) is 13.3 Å². The van der Waals surface area contributed by atoms with Crippen molar-refractivity contribution in [1.82, 2.24) is 0 Å². The molecule has 2 N–H and O–H groups in total. The van der Waals surface area contributed by atoms with Crippen LogP contribution in [0.3, 0.4) is 0 Å². The van der Waals surface area contributed by atoms with E-state index < -0.39 is 10.4 Å². The molecule has 0 aromatic heterocycles. The van der Waals surface area contributed by atoms with Crippen LogP contribution in [0.2, 0.25) is 0 Å². The maximum atomic E-state index is 8.74. The fourth-order valence-corrected chi connectivity index (χ4v) is 0.714. The van der Waals surface area contributed by atoms with Crippen molar-refractivity contribution in [2.24, 2.45) is 0 Å². The van der Waals surface area contributed by atoms with Gasteiger partial charge < -0.3 is 0 Å². The monoisotopic (exact) mass is 204 g/mol. The molecule has 1 aromatic carbocycles. The summed E-state index contributed by atoms with van der Waals surface area (Å²) in [5.41, 5.74) is 1.41. The Bertz CT molecular complexity index is 309. The normalized spacial score (nSPS) is 10.1. The van der Waals surface area contributed by atoms with Crippen LogP contribution in [-0.2, 0) is 16.8 Å². The first kappa shape index (κ1) is 12.1. The third-order valence-electron chi connectivity index (χ3n) is 1.25. The smallest absolute Gasteiger partial charge is 0.264 e. The number of benzene rings is 1. The average molecular weight is 204 g/mol. The van der Waals surface area contributed by atoms with Crippen molar-refractivity contribution in [3.63, 3.8) is 0 Å². The van der Waals surface area contributed by atoms with Gasteiger partial charge in [0.1, 0.15) is 0 Å². The molecule has 0 fully saturated rings. The highest BCUT2D eigenvalue weighted by molar-refractivity contribution is 7.79. The van der Waals surface area contributed by atoms with Crippen LogP contribution in [0.15, 0.2) is 30.3 Å². The van der Waals surface area contributed by atoms with Gasteiger partial charge in [-0.15, -0.1) is 0 Å². The van der Waals surface area contributed by atoms with Crippen molar-refractivity contribution in [2.75, 3.05) is 0 Å². The standard InChI is InChI=1S/C8H10.H2O4S/c1-2-8-6-4-3-5-7-8;1-5(2,3)4/h3-7H,2H2,1H3;(H2,1,2,3,4). The first-order valence-electron chi connectivity index (χ1n) is 3.67. The Balaban J connectivity index is 0.000000252. The first-order valence-corrected chi connectivity index (χ1v) is 5.07. The molecule has 13 heavy (non-hydrogen) atoms. The molecule has 0 aliphatic heterocycles. The molecule has 74 valence electrons. The van der Waals surface area contributed by atoms with E-state index in [2.05, 4.69) is 31.2 Å². The molecule has 1 rings (SSSR count). The Morgan fingerprint density at radius 2 is 1.54 bits per heavy atom. The third-order valence-corrected chi connectivity index (χ3v) is 1.25. The van der Waals surface area contributed by atoms with Gasteiger partial charge in [-0.2, -0.15) is 8.42 Å². The Morgan fingerprint density at radius 3 is 1.77 bits per heavy atom. The minimum Gasteiger partial charge on any atom is -0.264 e. The zero-order valence-corrected chi connectivity index (χ0v) is 8.03. The van der Waals surface area contributed by atoms with E-state index in [9.17, 15) is 0 Å². The van der Waals surface area contributed by atoms with Crippen LogP contribution in [0.4, 0.5) is 0 Å². The van der Waals surface area contributed by atoms with E-state index in [1.165, 1.54) is 5.56 Å². The number of rotatable bonds is 1. The molecule has 0 radical (unpaired) electrons. The topological polar surface area (TPSA) is 74.6 Å². The maximum absolute atomic E-state index is 8.74. The SMILES string of the molecule is CCc1ccccc1.O=S(=O)(O)O. The van der Waals surface area contributed by atoms with E-state index in [1.54, 1.807) is 0 Å². The molecule has 0 spiro atoms. The Hall–Kier alpha value is -0.910. The van der Waals surface area contributed by atoms with Crippen molar-refractivity contribution in [3.8, 4) is 0 Å². The second-order valence-electron chi connectivity index (χ2n) is 2.29. The van der Waals surface area contributed by atoms with E-state index in [-0.39, 0.29) is 0 Å². The lowest BCUT2D eigenvalue weighted by Crippen LogP contribution is -1.89. The van der Waals surface area contributed by atoms with Crippen LogP contribution in [-0.4, -0.2) is 17.5 Å². The van der Waals surface area contributed by atoms with Crippen LogP contribution in [0, 0.1) is 0 Å². The number of aryl methyl sites for hydroxylation is 1. The summed E-state index contributed by atoms with van der Waals surface area (Å²) in [6.07, 6.45) is 1.14. The van der Waals surface area contributed by atoms with Crippen molar-refractivity contribution in [3.05, 3.63) is 35.9 Å². The molecule has 0 amide bonds. The summed E-state index contributed by atoms with van der Waals surface area (Å²) in [5, 5.41) is 0. The van der Waals surface area contributed by atoms with Crippen LogP contribution >= 0.6 is 0 Å². The lowest BCUT2D eigenvalue weighted by molar-refractivity contribution is 0.381. The van der Waals surface area contributed by atoms with Gasteiger partial charge in [-0.25, -0.2) is 0 Å². The van der Waals surface area contributed by atoms with Gasteiger partial charge in [-0.1, -0.05) is 37.3 Å². The van der Waals surface area contributed by atoms with Gasteiger partial charge in [0.05, 0.1) is 0 Å².